The molecule has 0 aromatic heterocycles. The summed E-state index contributed by atoms with van der Waals surface area (Å²) in [6, 6.07) is 5.87. The number of nitrogens with one attached hydrogen (secondary N) is 1. The molecular weight excluding hydrogens is 270 g/mol. The Labute approximate surface area is 89.4 Å². The van der Waals surface area contributed by atoms with E-state index in [-0.39, 0.29) is 10.8 Å². The van der Waals surface area contributed by atoms with Crippen LogP contribution >= 0.6 is 14.8 Å². The van der Waals surface area contributed by atoms with E-state index in [4.69, 9.17) is 0 Å². The molecule has 0 saturated carbocycles. The van der Waals surface area contributed by atoms with Gasteiger partial charge in [-0.3, -0.25) is 4.79 Å². The van der Waals surface area contributed by atoms with Crippen molar-refractivity contribution in [2.75, 3.05) is 5.32 Å². The minimum atomic E-state index is -3.35. The van der Waals surface area contributed by atoms with Crippen molar-refractivity contribution in [3.63, 3.8) is 0 Å². The van der Waals surface area contributed by atoms with Crippen LogP contribution in [0.5, 0.6) is 0 Å². The van der Waals surface area contributed by atoms with Crippen molar-refractivity contribution in [1.29, 1.82) is 0 Å². The molecule has 0 radical (unpaired) electrons. The van der Waals surface area contributed by atoms with Crippen LogP contribution < -0.4 is 5.32 Å². The molecule has 4 nitrogen and oxygen atoms in total. The maximum Gasteiger partial charge on any atom is 0.237 e. The van der Waals surface area contributed by atoms with Crippen LogP contribution in [0.1, 0.15) is 6.92 Å². The summed E-state index contributed by atoms with van der Waals surface area (Å²) in [7, 11) is -3.35. The van der Waals surface area contributed by atoms with Gasteiger partial charge in [0.1, 0.15) is 0 Å². The second-order valence-electron chi connectivity index (χ2n) is 2.64. The first-order valence-corrected chi connectivity index (χ1v) is 7.04. The highest BCUT2D eigenvalue weighted by atomic mass is 79.9. The summed E-state index contributed by atoms with van der Waals surface area (Å²) >= 11 is 2.55. The molecule has 0 aliphatic rings. The van der Waals surface area contributed by atoms with Gasteiger partial charge in [0, 0.05) is 12.6 Å². The van der Waals surface area contributed by atoms with Gasteiger partial charge in [0.2, 0.25) is 14.2 Å². The highest BCUT2D eigenvalue weighted by molar-refractivity contribution is 9.47. The number of hydrogen-bond acceptors (Lipinski definition) is 3. The summed E-state index contributed by atoms with van der Waals surface area (Å²) in [6.45, 7) is 1.38. The number of hydrogen-bond donors (Lipinski definition) is 1. The Morgan fingerprint density at radius 2 is 1.79 bits per heavy atom. The van der Waals surface area contributed by atoms with Crippen LogP contribution in [0.25, 0.3) is 0 Å². The number of carbonyl (C=O) groups is 1. The summed E-state index contributed by atoms with van der Waals surface area (Å²) in [5.74, 6) is -0.195. The third-order valence-corrected chi connectivity index (χ3v) is 3.41. The number of benzene rings is 1. The first-order chi connectivity index (χ1) is 6.39. The molecule has 0 heterocycles. The molecule has 0 aliphatic carbocycles. The van der Waals surface area contributed by atoms with E-state index in [1.54, 1.807) is 0 Å². The highest BCUT2D eigenvalue weighted by Gasteiger charge is 2.08. The summed E-state index contributed by atoms with van der Waals surface area (Å²) in [6.07, 6.45) is 0. The van der Waals surface area contributed by atoms with Crippen molar-refractivity contribution in [2.45, 2.75) is 11.8 Å². The van der Waals surface area contributed by atoms with Crippen LogP contribution in [-0.2, 0) is 13.1 Å². The average Bonchev–Trinajstić information content (AvgIpc) is 2.02. The smallest absolute Gasteiger partial charge is 0.237 e. The highest BCUT2D eigenvalue weighted by Crippen LogP contribution is 2.18. The van der Waals surface area contributed by atoms with Gasteiger partial charge in [0.15, 0.2) is 0 Å². The molecule has 0 aliphatic heterocycles. The van der Waals surface area contributed by atoms with E-state index in [1.807, 2.05) is 0 Å². The van der Waals surface area contributed by atoms with E-state index in [0.717, 1.165) is 0 Å². The fourth-order valence-corrected chi connectivity index (χ4v) is 2.01. The van der Waals surface area contributed by atoms with Crippen molar-refractivity contribution in [1.82, 2.24) is 0 Å². The van der Waals surface area contributed by atoms with Gasteiger partial charge in [-0.25, -0.2) is 8.42 Å². The number of rotatable bonds is 2. The molecule has 14 heavy (non-hydrogen) atoms. The molecule has 0 atom stereocenters. The Bertz CT molecular complexity index is 438. The van der Waals surface area contributed by atoms with Gasteiger partial charge < -0.3 is 5.32 Å². The molecule has 76 valence electrons. The van der Waals surface area contributed by atoms with Crippen LogP contribution in [0.2, 0.25) is 0 Å². The van der Waals surface area contributed by atoms with Gasteiger partial charge in [-0.15, -0.1) is 0 Å². The van der Waals surface area contributed by atoms with Gasteiger partial charge in [0.25, 0.3) is 0 Å². The topological polar surface area (TPSA) is 63.2 Å². The Balaban J connectivity index is 2.95. The normalized spacial score (nSPS) is 11.0. The molecular formula is C8H8BrNO3S. The zero-order valence-corrected chi connectivity index (χ0v) is 9.72. The van der Waals surface area contributed by atoms with Crippen molar-refractivity contribution in [3.8, 4) is 0 Å². The molecule has 1 aromatic carbocycles. The molecule has 1 rings (SSSR count). The van der Waals surface area contributed by atoms with E-state index in [0.29, 0.717) is 5.69 Å². The van der Waals surface area contributed by atoms with Crippen molar-refractivity contribution < 1.29 is 13.2 Å². The van der Waals surface area contributed by atoms with Gasteiger partial charge in [-0.05, 0) is 24.3 Å². The maximum absolute atomic E-state index is 11.0. The van der Waals surface area contributed by atoms with E-state index in [9.17, 15) is 13.2 Å². The second-order valence-corrected chi connectivity index (χ2v) is 6.55. The number of amides is 1. The quantitative estimate of drug-likeness (QED) is 0.838. The van der Waals surface area contributed by atoms with E-state index >= 15 is 0 Å². The van der Waals surface area contributed by atoms with Crippen LogP contribution in [0.4, 0.5) is 5.69 Å². The fourth-order valence-electron chi connectivity index (χ4n) is 0.904. The monoisotopic (exact) mass is 277 g/mol. The Hall–Kier alpha value is -0.880. The van der Waals surface area contributed by atoms with E-state index < -0.39 is 8.27 Å². The minimum Gasteiger partial charge on any atom is -0.326 e. The van der Waals surface area contributed by atoms with Gasteiger partial charge in [0.05, 0.1) is 19.7 Å². The summed E-state index contributed by atoms with van der Waals surface area (Å²) in [5.41, 5.74) is 0.567. The second kappa shape index (κ2) is 4.10. The lowest BCUT2D eigenvalue weighted by atomic mass is 10.3. The van der Waals surface area contributed by atoms with E-state index in [2.05, 4.69) is 20.1 Å². The predicted octanol–water partition coefficient (Wildman–Crippen LogP) is 1.73. The summed E-state index contributed by atoms with van der Waals surface area (Å²) in [4.78, 5) is 10.8. The maximum atomic E-state index is 11.0. The summed E-state index contributed by atoms with van der Waals surface area (Å²) < 4.78 is 22.0. The zero-order chi connectivity index (χ0) is 10.8. The number of anilines is 1. The SMILES string of the molecule is CC(=O)Nc1ccc(S(=O)(=O)Br)cc1. The van der Waals surface area contributed by atoms with Crippen molar-refractivity contribution in [2.24, 2.45) is 0 Å². The first kappa shape index (κ1) is 11.2. The third-order valence-electron chi connectivity index (χ3n) is 1.46. The number of carbonyl (C=O) groups excluding carboxylic acids is 1. The molecule has 0 unspecified atom stereocenters. The molecule has 0 bridgehead atoms. The standard InChI is InChI=1S/C8H8BrNO3S/c1-6(11)10-7-2-4-8(5-3-7)14(9,12)13/h2-5H,1H3,(H,10,11). The molecule has 0 fully saturated rings. The predicted molar refractivity (Wildman–Crippen MR) is 56.9 cm³/mol. The summed E-state index contributed by atoms with van der Waals surface area (Å²) in [5, 5.41) is 2.53. The Morgan fingerprint density at radius 3 is 2.14 bits per heavy atom. The van der Waals surface area contributed by atoms with Gasteiger partial charge in [-0.1, -0.05) is 0 Å². The molecule has 0 saturated heterocycles. The minimum absolute atomic E-state index is 0.159. The zero-order valence-electron chi connectivity index (χ0n) is 7.32. The van der Waals surface area contributed by atoms with Gasteiger partial charge in [-0.2, -0.15) is 0 Å². The lowest BCUT2D eigenvalue weighted by Crippen LogP contribution is -2.05. The number of halogens is 1. The lowest BCUT2D eigenvalue weighted by molar-refractivity contribution is -0.114. The molecule has 6 heteroatoms. The Morgan fingerprint density at radius 1 is 1.29 bits per heavy atom. The van der Waals surface area contributed by atoms with Gasteiger partial charge >= 0.3 is 0 Å². The van der Waals surface area contributed by atoms with Crippen LogP contribution in [0.3, 0.4) is 0 Å². The molecule has 1 aromatic rings. The van der Waals surface area contributed by atoms with Crippen molar-refractivity contribution in [3.05, 3.63) is 24.3 Å². The Kier molecular flexibility index (Phi) is 3.28. The average molecular weight is 278 g/mol. The van der Waals surface area contributed by atoms with Crippen LogP contribution in [-0.4, -0.2) is 14.3 Å². The third kappa shape index (κ3) is 3.12. The molecule has 0 spiro atoms. The van der Waals surface area contributed by atoms with Crippen molar-refractivity contribution >= 4 is 34.7 Å². The molecule has 1 amide bonds. The van der Waals surface area contributed by atoms with Crippen LogP contribution in [0, 0.1) is 0 Å². The van der Waals surface area contributed by atoms with E-state index in [1.165, 1.54) is 31.2 Å². The molecule has 1 N–H and O–H groups in total. The first-order valence-electron chi connectivity index (χ1n) is 3.72. The largest absolute Gasteiger partial charge is 0.326 e. The fraction of sp³-hybridized carbons (Fsp3) is 0.125. The lowest BCUT2D eigenvalue weighted by Gasteiger charge is -2.01. The van der Waals surface area contributed by atoms with Crippen LogP contribution in [0.15, 0.2) is 29.2 Å².